The number of carbonyl (C=O) groups is 2. The summed E-state index contributed by atoms with van der Waals surface area (Å²) in [5.74, 6) is 1.14. The van der Waals surface area contributed by atoms with Crippen LogP contribution >= 0.6 is 23.2 Å². The Morgan fingerprint density at radius 2 is 1.94 bits per heavy atom. The van der Waals surface area contributed by atoms with Crippen LogP contribution in [0.5, 0.6) is 0 Å². The zero-order valence-electron chi connectivity index (χ0n) is 20.4. The van der Waals surface area contributed by atoms with E-state index in [-0.39, 0.29) is 18.4 Å². The van der Waals surface area contributed by atoms with E-state index in [1.165, 1.54) is 0 Å². The molecule has 0 aliphatic rings. The molecule has 34 heavy (non-hydrogen) atoms. The quantitative estimate of drug-likeness (QED) is 0.294. The number of hydrogen-bond donors (Lipinski definition) is 2. The summed E-state index contributed by atoms with van der Waals surface area (Å²) < 4.78 is 6.99. The van der Waals surface area contributed by atoms with Crippen molar-refractivity contribution in [2.24, 2.45) is 18.7 Å². The van der Waals surface area contributed by atoms with Gasteiger partial charge in [0.25, 0.3) is 0 Å². The fourth-order valence-corrected chi connectivity index (χ4v) is 4.11. The molecule has 1 amide bonds. The number of carbonyl (C=O) groups excluding carboxylic acids is 2. The predicted octanol–water partition coefficient (Wildman–Crippen LogP) is 2.61. The smallest absolute Gasteiger partial charge is 0.328 e. The van der Waals surface area contributed by atoms with Gasteiger partial charge in [-0.2, -0.15) is 0 Å². The topological polar surface area (TPSA) is 115 Å². The second-order valence-electron chi connectivity index (χ2n) is 8.58. The largest absolute Gasteiger partial charge is 0.464 e. The van der Waals surface area contributed by atoms with E-state index in [1.807, 2.05) is 31.5 Å². The standard InChI is InChI=1S/C23H36Cl2N6O3/c1-5-34-23(33)19(12-15(2)3)29-22(32)17(26)6-7-20-28-18-13-16(14-27-21(18)30(20)4)31(10-8-24)11-9-25/h13-15,17,19H,5-12,26H2,1-4H3,(H,29,32)/t17-,19-/m0/s1. The summed E-state index contributed by atoms with van der Waals surface area (Å²) in [6.07, 6.45) is 3.13. The van der Waals surface area contributed by atoms with Gasteiger partial charge in [-0.15, -0.1) is 23.2 Å². The number of rotatable bonds is 14. The van der Waals surface area contributed by atoms with Gasteiger partial charge in [0, 0.05) is 38.3 Å². The molecule has 2 heterocycles. The van der Waals surface area contributed by atoms with Crippen molar-refractivity contribution in [3.05, 3.63) is 18.1 Å². The van der Waals surface area contributed by atoms with E-state index in [2.05, 4.69) is 15.2 Å². The maximum Gasteiger partial charge on any atom is 0.328 e. The maximum atomic E-state index is 12.7. The molecule has 0 aromatic carbocycles. The number of hydrogen-bond acceptors (Lipinski definition) is 7. The fourth-order valence-electron chi connectivity index (χ4n) is 3.71. The first kappa shape index (κ1) is 28.1. The Labute approximate surface area is 211 Å². The molecule has 2 aromatic heterocycles. The third-order valence-corrected chi connectivity index (χ3v) is 5.81. The maximum absolute atomic E-state index is 12.7. The van der Waals surface area contributed by atoms with Gasteiger partial charge >= 0.3 is 5.97 Å². The molecule has 0 aliphatic heterocycles. The van der Waals surface area contributed by atoms with Crippen LogP contribution in [0, 0.1) is 5.92 Å². The SMILES string of the molecule is CCOC(=O)[C@H](CC(C)C)NC(=O)[C@@H](N)CCc1nc2cc(N(CCCl)CCCl)cnc2n1C. The molecule has 190 valence electrons. The number of alkyl halides is 2. The molecular formula is C23H36Cl2N6O3. The molecule has 2 rings (SSSR count). The van der Waals surface area contributed by atoms with Gasteiger partial charge in [0.05, 0.1) is 24.5 Å². The molecule has 3 N–H and O–H groups in total. The van der Waals surface area contributed by atoms with E-state index in [0.29, 0.717) is 44.1 Å². The zero-order valence-corrected chi connectivity index (χ0v) is 21.9. The van der Waals surface area contributed by atoms with Gasteiger partial charge < -0.3 is 25.3 Å². The molecule has 0 spiro atoms. The van der Waals surface area contributed by atoms with Gasteiger partial charge in [-0.1, -0.05) is 13.8 Å². The monoisotopic (exact) mass is 514 g/mol. The zero-order chi connectivity index (χ0) is 25.3. The van der Waals surface area contributed by atoms with Crippen molar-refractivity contribution in [1.82, 2.24) is 19.9 Å². The lowest BCUT2D eigenvalue weighted by Gasteiger charge is -2.22. The summed E-state index contributed by atoms with van der Waals surface area (Å²) in [5.41, 5.74) is 8.55. The van der Waals surface area contributed by atoms with Crippen LogP contribution in [0.15, 0.2) is 12.3 Å². The molecule has 2 atom stereocenters. The minimum atomic E-state index is -0.782. The number of pyridine rings is 1. The minimum Gasteiger partial charge on any atom is -0.464 e. The number of nitrogens with zero attached hydrogens (tertiary/aromatic N) is 4. The van der Waals surface area contributed by atoms with Crippen LogP contribution in [0.2, 0.25) is 0 Å². The highest BCUT2D eigenvalue weighted by molar-refractivity contribution is 6.18. The molecule has 0 fully saturated rings. The third-order valence-electron chi connectivity index (χ3n) is 5.47. The van der Waals surface area contributed by atoms with Gasteiger partial charge in [-0.25, -0.2) is 14.8 Å². The van der Waals surface area contributed by atoms with Gasteiger partial charge in [-0.05, 0) is 31.7 Å². The van der Waals surface area contributed by atoms with Crippen molar-refractivity contribution in [3.63, 3.8) is 0 Å². The molecular weight excluding hydrogens is 479 g/mol. The Bertz CT molecular complexity index is 946. The van der Waals surface area contributed by atoms with Gasteiger partial charge in [0.2, 0.25) is 5.91 Å². The molecule has 0 radical (unpaired) electrons. The lowest BCUT2D eigenvalue weighted by molar-refractivity contribution is -0.148. The van der Waals surface area contributed by atoms with Gasteiger partial charge in [0.15, 0.2) is 5.65 Å². The number of esters is 1. The molecule has 9 nitrogen and oxygen atoms in total. The van der Waals surface area contributed by atoms with Gasteiger partial charge in [0.1, 0.15) is 17.4 Å². The number of nitrogens with one attached hydrogen (secondary N) is 1. The Hall–Kier alpha value is -2.10. The van der Waals surface area contributed by atoms with Crippen LogP contribution in [0.1, 0.15) is 39.4 Å². The van der Waals surface area contributed by atoms with Crippen molar-refractivity contribution in [1.29, 1.82) is 0 Å². The Balaban J connectivity index is 2.07. The van der Waals surface area contributed by atoms with Crippen molar-refractivity contribution in [3.8, 4) is 0 Å². The van der Waals surface area contributed by atoms with E-state index < -0.39 is 18.1 Å². The highest BCUT2D eigenvalue weighted by Gasteiger charge is 2.26. The normalized spacial score (nSPS) is 13.2. The average Bonchev–Trinajstić information content (AvgIpc) is 3.11. The van der Waals surface area contributed by atoms with Crippen LogP contribution in [-0.2, 0) is 27.8 Å². The van der Waals surface area contributed by atoms with Crippen LogP contribution < -0.4 is 16.0 Å². The number of halogens is 2. The van der Waals surface area contributed by atoms with Crippen molar-refractivity contribution >= 4 is 51.9 Å². The Kier molecular flexibility index (Phi) is 11.3. The van der Waals surface area contributed by atoms with Crippen molar-refractivity contribution in [2.45, 2.75) is 52.1 Å². The summed E-state index contributed by atoms with van der Waals surface area (Å²) in [6, 6.07) is 0.476. The first-order chi connectivity index (χ1) is 16.2. The highest BCUT2D eigenvalue weighted by Crippen LogP contribution is 2.21. The van der Waals surface area contributed by atoms with Crippen LogP contribution in [0.4, 0.5) is 5.69 Å². The minimum absolute atomic E-state index is 0.216. The molecule has 0 unspecified atom stereocenters. The van der Waals surface area contributed by atoms with Crippen molar-refractivity contribution in [2.75, 3.05) is 36.4 Å². The van der Waals surface area contributed by atoms with Crippen LogP contribution in [0.3, 0.4) is 0 Å². The second kappa shape index (κ2) is 13.7. The first-order valence-corrected chi connectivity index (χ1v) is 12.7. The molecule has 0 saturated heterocycles. The van der Waals surface area contributed by atoms with E-state index in [0.717, 1.165) is 22.7 Å². The number of aromatic nitrogens is 3. The lowest BCUT2D eigenvalue weighted by Crippen LogP contribution is -2.49. The number of imidazole rings is 1. The molecule has 2 aromatic rings. The van der Waals surface area contributed by atoms with E-state index in [4.69, 9.17) is 38.7 Å². The average molecular weight is 515 g/mol. The van der Waals surface area contributed by atoms with Crippen molar-refractivity contribution < 1.29 is 14.3 Å². The van der Waals surface area contributed by atoms with E-state index in [9.17, 15) is 9.59 Å². The van der Waals surface area contributed by atoms with Gasteiger partial charge in [-0.3, -0.25) is 4.79 Å². The summed E-state index contributed by atoms with van der Waals surface area (Å²) in [4.78, 5) is 36.2. The number of anilines is 1. The number of ether oxygens (including phenoxy) is 1. The third kappa shape index (κ3) is 7.71. The molecule has 0 aliphatic carbocycles. The Morgan fingerprint density at radius 3 is 2.53 bits per heavy atom. The predicted molar refractivity (Wildman–Crippen MR) is 136 cm³/mol. The first-order valence-electron chi connectivity index (χ1n) is 11.6. The number of fused-ring (bicyclic) bond motifs is 1. The van der Waals surface area contributed by atoms with Crippen LogP contribution in [-0.4, -0.2) is 70.0 Å². The summed E-state index contributed by atoms with van der Waals surface area (Å²) in [5, 5.41) is 2.75. The van der Waals surface area contributed by atoms with E-state index >= 15 is 0 Å². The van der Waals surface area contributed by atoms with Crippen LogP contribution in [0.25, 0.3) is 11.2 Å². The number of nitrogens with two attached hydrogens (primary N) is 1. The van der Waals surface area contributed by atoms with E-state index in [1.54, 1.807) is 13.1 Å². The lowest BCUT2D eigenvalue weighted by atomic mass is 10.0. The molecule has 11 heteroatoms. The summed E-state index contributed by atoms with van der Waals surface area (Å²) in [7, 11) is 1.89. The fraction of sp³-hybridized carbons (Fsp3) is 0.652. The second-order valence-corrected chi connectivity index (χ2v) is 9.33. The highest BCUT2D eigenvalue weighted by atomic mass is 35.5. The Morgan fingerprint density at radius 1 is 1.26 bits per heavy atom. The molecule has 0 saturated carbocycles. The number of amides is 1. The number of aryl methyl sites for hydroxylation is 2. The summed E-state index contributed by atoms with van der Waals surface area (Å²) >= 11 is 11.8. The molecule has 0 bridgehead atoms. The summed E-state index contributed by atoms with van der Waals surface area (Å²) in [6.45, 7) is 7.28.